The first-order chi connectivity index (χ1) is 10.5. The van der Waals surface area contributed by atoms with E-state index >= 15 is 0 Å². The van der Waals surface area contributed by atoms with Gasteiger partial charge in [0.15, 0.2) is 12.9 Å². The zero-order valence-corrected chi connectivity index (χ0v) is 12.8. The molecule has 0 unspecified atom stereocenters. The molecule has 1 aliphatic heterocycles. The van der Waals surface area contributed by atoms with Crippen LogP contribution in [0.1, 0.15) is 5.56 Å². The minimum atomic E-state index is -4.33. The second kappa shape index (κ2) is 7.89. The molecular weight excluding hydrogens is 317 g/mol. The number of halogens is 3. The Balaban J connectivity index is 1.82. The fourth-order valence-corrected chi connectivity index (χ4v) is 2.21. The standard InChI is InChI=1S/C15H17F3O3S/c1-22-13-8-19-14(20-9-13)7-4-11-2-5-12(6-3-11)21-10-15(16,17)18/h2-7,13-14H,8-10H2,1H3/b7-4+. The molecule has 0 radical (unpaired) electrons. The van der Waals surface area contributed by atoms with E-state index in [9.17, 15) is 13.2 Å². The van der Waals surface area contributed by atoms with Crippen LogP contribution in [0.15, 0.2) is 30.3 Å². The molecule has 0 aliphatic carbocycles. The van der Waals surface area contributed by atoms with Crippen LogP contribution in [0, 0.1) is 0 Å². The lowest BCUT2D eigenvalue weighted by molar-refractivity contribution is -0.153. The number of hydrogen-bond acceptors (Lipinski definition) is 4. The number of benzene rings is 1. The number of hydrogen-bond donors (Lipinski definition) is 0. The van der Waals surface area contributed by atoms with E-state index in [0.717, 1.165) is 5.56 Å². The highest BCUT2D eigenvalue weighted by Crippen LogP contribution is 2.20. The number of ether oxygens (including phenoxy) is 3. The molecule has 1 aromatic rings. The van der Waals surface area contributed by atoms with E-state index in [-0.39, 0.29) is 12.0 Å². The molecule has 0 amide bonds. The van der Waals surface area contributed by atoms with E-state index in [4.69, 9.17) is 9.47 Å². The first-order valence-electron chi connectivity index (χ1n) is 6.70. The zero-order chi connectivity index (χ0) is 16.0. The van der Waals surface area contributed by atoms with Crippen LogP contribution in [0.5, 0.6) is 5.75 Å². The third-order valence-electron chi connectivity index (χ3n) is 2.95. The first kappa shape index (κ1) is 17.2. The van der Waals surface area contributed by atoms with Gasteiger partial charge in [0.05, 0.1) is 18.5 Å². The van der Waals surface area contributed by atoms with Crippen LogP contribution in [0.4, 0.5) is 13.2 Å². The molecule has 1 aromatic carbocycles. The molecule has 1 aliphatic rings. The zero-order valence-electron chi connectivity index (χ0n) is 12.0. The Morgan fingerprint density at radius 1 is 1.23 bits per heavy atom. The van der Waals surface area contributed by atoms with Crippen molar-refractivity contribution < 1.29 is 27.4 Å². The Labute approximate surface area is 131 Å². The van der Waals surface area contributed by atoms with E-state index in [0.29, 0.717) is 18.5 Å². The molecule has 3 nitrogen and oxygen atoms in total. The summed E-state index contributed by atoms with van der Waals surface area (Å²) in [6.45, 7) is -0.0106. The summed E-state index contributed by atoms with van der Waals surface area (Å²) in [4.78, 5) is 0. The minimum absolute atomic E-state index is 0.183. The van der Waals surface area contributed by atoms with Crippen molar-refractivity contribution in [3.63, 3.8) is 0 Å². The van der Waals surface area contributed by atoms with E-state index in [1.165, 1.54) is 12.1 Å². The van der Waals surface area contributed by atoms with Crippen molar-refractivity contribution in [1.29, 1.82) is 0 Å². The van der Waals surface area contributed by atoms with E-state index in [2.05, 4.69) is 4.74 Å². The lowest BCUT2D eigenvalue weighted by atomic mass is 10.2. The molecule has 1 saturated heterocycles. The SMILES string of the molecule is CSC1COC(/C=C/c2ccc(OCC(F)(F)F)cc2)OC1. The lowest BCUT2D eigenvalue weighted by Crippen LogP contribution is -2.32. The summed E-state index contributed by atoms with van der Waals surface area (Å²) >= 11 is 1.70. The van der Waals surface area contributed by atoms with Crippen LogP contribution in [0.2, 0.25) is 0 Å². The molecule has 0 spiro atoms. The van der Waals surface area contributed by atoms with Crippen LogP contribution in [-0.2, 0) is 9.47 Å². The Morgan fingerprint density at radius 2 is 1.86 bits per heavy atom. The Morgan fingerprint density at radius 3 is 2.41 bits per heavy atom. The molecule has 0 atom stereocenters. The van der Waals surface area contributed by atoms with Crippen molar-refractivity contribution in [3.05, 3.63) is 35.9 Å². The van der Waals surface area contributed by atoms with Gasteiger partial charge < -0.3 is 14.2 Å². The molecule has 122 valence electrons. The van der Waals surface area contributed by atoms with Gasteiger partial charge in [-0.3, -0.25) is 0 Å². The minimum Gasteiger partial charge on any atom is -0.484 e. The van der Waals surface area contributed by atoms with Gasteiger partial charge in [-0.05, 0) is 30.0 Å². The predicted molar refractivity (Wildman–Crippen MR) is 80.0 cm³/mol. The number of rotatable bonds is 5. The van der Waals surface area contributed by atoms with Gasteiger partial charge in [0, 0.05) is 0 Å². The first-order valence-corrected chi connectivity index (χ1v) is 7.99. The maximum absolute atomic E-state index is 12.0. The second-order valence-electron chi connectivity index (χ2n) is 4.72. The van der Waals surface area contributed by atoms with E-state index < -0.39 is 12.8 Å². The summed E-state index contributed by atoms with van der Waals surface area (Å²) in [5, 5.41) is 0.356. The summed E-state index contributed by atoms with van der Waals surface area (Å²) < 4.78 is 51.8. The maximum Gasteiger partial charge on any atom is 0.422 e. The molecular formula is C15H17F3O3S. The number of alkyl halides is 3. The van der Waals surface area contributed by atoms with E-state index in [1.807, 2.05) is 6.26 Å². The molecule has 0 aromatic heterocycles. The molecule has 22 heavy (non-hydrogen) atoms. The van der Waals surface area contributed by atoms with Crippen molar-refractivity contribution >= 4 is 17.8 Å². The monoisotopic (exact) mass is 334 g/mol. The van der Waals surface area contributed by atoms with Gasteiger partial charge >= 0.3 is 6.18 Å². The van der Waals surface area contributed by atoms with Gasteiger partial charge in [0.2, 0.25) is 0 Å². The van der Waals surface area contributed by atoms with Gasteiger partial charge in [-0.2, -0.15) is 24.9 Å². The number of thioether (sulfide) groups is 1. The Hall–Kier alpha value is -1.18. The van der Waals surface area contributed by atoms with Crippen molar-refractivity contribution in [2.75, 3.05) is 26.1 Å². The fraction of sp³-hybridized carbons (Fsp3) is 0.467. The highest BCUT2D eigenvalue weighted by atomic mass is 32.2. The van der Waals surface area contributed by atoms with Crippen molar-refractivity contribution in [2.24, 2.45) is 0 Å². The summed E-state index contributed by atoms with van der Waals surface area (Å²) in [5.74, 6) is 0.183. The molecule has 0 bridgehead atoms. The summed E-state index contributed by atoms with van der Waals surface area (Å²) in [6, 6.07) is 6.35. The van der Waals surface area contributed by atoms with Crippen LogP contribution < -0.4 is 4.74 Å². The average Bonchev–Trinajstić information content (AvgIpc) is 2.52. The van der Waals surface area contributed by atoms with Crippen molar-refractivity contribution in [3.8, 4) is 5.75 Å². The molecule has 0 N–H and O–H groups in total. The molecule has 2 rings (SSSR count). The lowest BCUT2D eigenvalue weighted by Gasteiger charge is -2.26. The molecule has 1 heterocycles. The molecule has 1 fully saturated rings. The summed E-state index contributed by atoms with van der Waals surface area (Å²) in [7, 11) is 0. The third kappa shape index (κ3) is 5.90. The smallest absolute Gasteiger partial charge is 0.422 e. The summed E-state index contributed by atoms with van der Waals surface area (Å²) in [5.41, 5.74) is 0.832. The fourth-order valence-electron chi connectivity index (χ4n) is 1.78. The third-order valence-corrected chi connectivity index (χ3v) is 3.89. The van der Waals surface area contributed by atoms with Crippen molar-refractivity contribution in [1.82, 2.24) is 0 Å². The van der Waals surface area contributed by atoms with Gasteiger partial charge in [0.1, 0.15) is 5.75 Å². The van der Waals surface area contributed by atoms with Crippen LogP contribution in [0.25, 0.3) is 6.08 Å². The quantitative estimate of drug-likeness (QED) is 0.820. The highest BCUT2D eigenvalue weighted by Gasteiger charge is 2.28. The maximum atomic E-state index is 12.0. The average molecular weight is 334 g/mol. The van der Waals surface area contributed by atoms with Gasteiger partial charge in [-0.1, -0.05) is 18.2 Å². The van der Waals surface area contributed by atoms with Gasteiger partial charge in [-0.25, -0.2) is 0 Å². The highest BCUT2D eigenvalue weighted by molar-refractivity contribution is 7.99. The van der Waals surface area contributed by atoms with Crippen LogP contribution in [-0.4, -0.2) is 43.8 Å². The van der Waals surface area contributed by atoms with E-state index in [1.54, 1.807) is 36.0 Å². The topological polar surface area (TPSA) is 27.7 Å². The van der Waals surface area contributed by atoms with Gasteiger partial charge in [0.25, 0.3) is 0 Å². The summed E-state index contributed by atoms with van der Waals surface area (Å²) in [6.07, 6.45) is 0.878. The van der Waals surface area contributed by atoms with Crippen LogP contribution >= 0.6 is 11.8 Å². The molecule has 0 saturated carbocycles. The largest absolute Gasteiger partial charge is 0.484 e. The predicted octanol–water partition coefficient (Wildman–Crippen LogP) is 3.75. The molecule has 7 heteroatoms. The Kier molecular flexibility index (Phi) is 6.16. The van der Waals surface area contributed by atoms with Gasteiger partial charge in [-0.15, -0.1) is 0 Å². The van der Waals surface area contributed by atoms with Crippen molar-refractivity contribution in [2.45, 2.75) is 17.7 Å². The Bertz CT molecular complexity index is 480. The second-order valence-corrected chi connectivity index (χ2v) is 5.86. The van der Waals surface area contributed by atoms with Crippen LogP contribution in [0.3, 0.4) is 0 Å². The normalized spacial score (nSPS) is 22.9.